The molecule has 1 unspecified atom stereocenters. The fourth-order valence-electron chi connectivity index (χ4n) is 1.16. The van der Waals surface area contributed by atoms with E-state index in [1.54, 1.807) is 0 Å². The van der Waals surface area contributed by atoms with Crippen LogP contribution in [0.4, 0.5) is 0 Å². The van der Waals surface area contributed by atoms with Crippen molar-refractivity contribution in [3.63, 3.8) is 0 Å². The molecule has 0 amide bonds. The van der Waals surface area contributed by atoms with Gasteiger partial charge < -0.3 is 10.6 Å². The fourth-order valence-corrected chi connectivity index (χ4v) is 1.16. The van der Waals surface area contributed by atoms with Gasteiger partial charge in [-0.05, 0) is 34.9 Å². The van der Waals surface area contributed by atoms with E-state index in [4.69, 9.17) is 5.73 Å². The average molecular weight is 203 g/mol. The molecule has 0 rings (SSSR count). The second kappa shape index (κ2) is 9.44. The lowest BCUT2D eigenvalue weighted by atomic mass is 10.2. The zero-order valence-electron chi connectivity index (χ0n) is 11.0. The lowest BCUT2D eigenvalue weighted by Gasteiger charge is -2.31. The minimum atomic E-state index is 0.568. The third kappa shape index (κ3) is 7.30. The normalized spacial score (nSPS) is 13.1. The van der Waals surface area contributed by atoms with Crippen LogP contribution in [0.25, 0.3) is 0 Å². The first-order valence-corrected chi connectivity index (χ1v) is 5.59. The van der Waals surface area contributed by atoms with Gasteiger partial charge in [-0.25, -0.2) is 0 Å². The maximum Gasteiger partial charge on any atom is 0.0453 e. The Labute approximate surface area is 90.3 Å². The van der Waals surface area contributed by atoms with E-state index < -0.39 is 0 Å². The summed E-state index contributed by atoms with van der Waals surface area (Å²) in [5.41, 5.74) is 5.50. The smallest absolute Gasteiger partial charge is 0.0453 e. The minimum absolute atomic E-state index is 0.568. The Morgan fingerprint density at radius 3 is 1.79 bits per heavy atom. The van der Waals surface area contributed by atoms with Gasteiger partial charge in [0.1, 0.15) is 0 Å². The van der Waals surface area contributed by atoms with Crippen molar-refractivity contribution in [2.75, 3.05) is 27.3 Å². The molecular weight excluding hydrogens is 174 g/mol. The summed E-state index contributed by atoms with van der Waals surface area (Å²) < 4.78 is 0. The van der Waals surface area contributed by atoms with E-state index in [1.807, 2.05) is 20.9 Å². The van der Waals surface area contributed by atoms with Crippen molar-refractivity contribution in [1.29, 1.82) is 0 Å². The SMILES string of the molecule is CC.CC(C)N(C)C(C)CN(C)CN. The molecule has 0 saturated heterocycles. The van der Waals surface area contributed by atoms with Crippen LogP contribution in [0.15, 0.2) is 0 Å². The molecule has 0 aromatic rings. The first-order chi connectivity index (χ1) is 6.49. The Morgan fingerprint density at radius 2 is 1.50 bits per heavy atom. The third-order valence-electron chi connectivity index (χ3n) is 2.40. The Bertz CT molecular complexity index is 115. The molecule has 0 heterocycles. The molecule has 0 fully saturated rings. The molecule has 0 radical (unpaired) electrons. The lowest BCUT2D eigenvalue weighted by Crippen LogP contribution is -2.43. The van der Waals surface area contributed by atoms with E-state index in [0.29, 0.717) is 18.8 Å². The summed E-state index contributed by atoms with van der Waals surface area (Å²) in [7, 11) is 4.20. The molecule has 0 aliphatic carbocycles. The molecule has 0 aliphatic rings. The highest BCUT2D eigenvalue weighted by atomic mass is 15.2. The summed E-state index contributed by atoms with van der Waals surface area (Å²) in [5, 5.41) is 0. The van der Waals surface area contributed by atoms with E-state index in [0.717, 1.165) is 6.54 Å². The second-order valence-corrected chi connectivity index (χ2v) is 3.83. The Kier molecular flexibility index (Phi) is 11.0. The fraction of sp³-hybridized carbons (Fsp3) is 1.00. The van der Waals surface area contributed by atoms with E-state index >= 15 is 0 Å². The van der Waals surface area contributed by atoms with Gasteiger partial charge in [0.25, 0.3) is 0 Å². The van der Waals surface area contributed by atoms with Crippen LogP contribution in [-0.2, 0) is 0 Å². The number of likely N-dealkylation sites (N-methyl/N-ethyl adjacent to an activating group) is 2. The van der Waals surface area contributed by atoms with Crippen LogP contribution in [0, 0.1) is 0 Å². The van der Waals surface area contributed by atoms with Crippen LogP contribution >= 0.6 is 0 Å². The van der Waals surface area contributed by atoms with Crippen LogP contribution < -0.4 is 5.73 Å². The van der Waals surface area contributed by atoms with Gasteiger partial charge in [0.15, 0.2) is 0 Å². The number of hydrogen-bond donors (Lipinski definition) is 1. The molecule has 0 bridgehead atoms. The molecule has 0 aromatic carbocycles. The molecule has 88 valence electrons. The highest BCUT2D eigenvalue weighted by Gasteiger charge is 2.12. The van der Waals surface area contributed by atoms with Gasteiger partial charge in [-0.1, -0.05) is 13.8 Å². The van der Waals surface area contributed by atoms with E-state index in [-0.39, 0.29) is 0 Å². The van der Waals surface area contributed by atoms with Crippen molar-refractivity contribution in [2.45, 2.75) is 46.7 Å². The maximum atomic E-state index is 5.50. The molecular formula is C11H29N3. The van der Waals surface area contributed by atoms with Gasteiger partial charge in [0, 0.05) is 25.3 Å². The van der Waals surface area contributed by atoms with Gasteiger partial charge in [0.2, 0.25) is 0 Å². The minimum Gasteiger partial charge on any atom is -0.318 e. The molecule has 0 saturated carbocycles. The van der Waals surface area contributed by atoms with Crippen LogP contribution in [-0.4, -0.2) is 49.2 Å². The molecule has 0 spiro atoms. The summed E-state index contributed by atoms with van der Waals surface area (Å²) in [6, 6.07) is 1.17. The van der Waals surface area contributed by atoms with Gasteiger partial charge in [0.05, 0.1) is 0 Å². The standard InChI is InChI=1S/C9H23N3.C2H6/c1-8(2)12(5)9(3)6-11(4)7-10;1-2/h8-9H,6-7,10H2,1-5H3;1-2H3. The van der Waals surface area contributed by atoms with Crippen LogP contribution in [0.2, 0.25) is 0 Å². The van der Waals surface area contributed by atoms with Gasteiger partial charge in [-0.3, -0.25) is 4.90 Å². The van der Waals surface area contributed by atoms with Crippen LogP contribution in [0.5, 0.6) is 0 Å². The largest absolute Gasteiger partial charge is 0.318 e. The molecule has 3 heteroatoms. The van der Waals surface area contributed by atoms with Crippen molar-refractivity contribution < 1.29 is 0 Å². The summed E-state index contributed by atoms with van der Waals surface area (Å²) in [6.07, 6.45) is 0. The topological polar surface area (TPSA) is 32.5 Å². The summed E-state index contributed by atoms with van der Waals surface area (Å²) >= 11 is 0. The summed E-state index contributed by atoms with van der Waals surface area (Å²) in [5.74, 6) is 0. The quantitative estimate of drug-likeness (QED) is 0.689. The van der Waals surface area contributed by atoms with E-state index in [1.165, 1.54) is 0 Å². The van der Waals surface area contributed by atoms with Gasteiger partial charge >= 0.3 is 0 Å². The van der Waals surface area contributed by atoms with E-state index in [9.17, 15) is 0 Å². The van der Waals surface area contributed by atoms with Crippen molar-refractivity contribution in [1.82, 2.24) is 9.80 Å². The highest BCUT2D eigenvalue weighted by Crippen LogP contribution is 2.02. The Hall–Kier alpha value is -0.120. The highest BCUT2D eigenvalue weighted by molar-refractivity contribution is 4.69. The zero-order chi connectivity index (χ0) is 11.7. The van der Waals surface area contributed by atoms with E-state index in [2.05, 4.69) is 37.6 Å². The first-order valence-electron chi connectivity index (χ1n) is 5.59. The number of nitrogens with zero attached hydrogens (tertiary/aromatic N) is 2. The maximum absolute atomic E-state index is 5.50. The zero-order valence-corrected chi connectivity index (χ0v) is 11.0. The molecule has 1 atom stereocenters. The third-order valence-corrected chi connectivity index (χ3v) is 2.40. The van der Waals surface area contributed by atoms with Gasteiger partial charge in [-0.15, -0.1) is 0 Å². The lowest BCUT2D eigenvalue weighted by molar-refractivity contribution is 0.163. The van der Waals surface area contributed by atoms with Crippen molar-refractivity contribution in [3.05, 3.63) is 0 Å². The Morgan fingerprint density at radius 1 is 1.07 bits per heavy atom. The monoisotopic (exact) mass is 203 g/mol. The Balaban J connectivity index is 0. The number of hydrogen-bond acceptors (Lipinski definition) is 3. The average Bonchev–Trinajstić information content (AvgIpc) is 2.19. The predicted molar refractivity (Wildman–Crippen MR) is 65.4 cm³/mol. The molecule has 0 aromatic heterocycles. The summed E-state index contributed by atoms with van der Waals surface area (Å²) in [6.45, 7) is 12.3. The molecule has 14 heavy (non-hydrogen) atoms. The van der Waals surface area contributed by atoms with Crippen molar-refractivity contribution >= 4 is 0 Å². The van der Waals surface area contributed by atoms with Crippen LogP contribution in [0.1, 0.15) is 34.6 Å². The second-order valence-electron chi connectivity index (χ2n) is 3.83. The number of nitrogens with two attached hydrogens (primary N) is 1. The predicted octanol–water partition coefficient (Wildman–Crippen LogP) is 1.59. The molecule has 0 aliphatic heterocycles. The van der Waals surface area contributed by atoms with Gasteiger partial charge in [-0.2, -0.15) is 0 Å². The summed E-state index contributed by atoms with van der Waals surface area (Å²) in [4.78, 5) is 4.48. The molecule has 2 N–H and O–H groups in total. The van der Waals surface area contributed by atoms with Crippen molar-refractivity contribution in [3.8, 4) is 0 Å². The first kappa shape index (κ1) is 16.3. The molecule has 3 nitrogen and oxygen atoms in total. The number of rotatable bonds is 5. The van der Waals surface area contributed by atoms with Crippen molar-refractivity contribution in [2.24, 2.45) is 5.73 Å². The van der Waals surface area contributed by atoms with Crippen LogP contribution in [0.3, 0.4) is 0 Å².